The van der Waals surface area contributed by atoms with Crippen LogP contribution in [-0.4, -0.2) is 60.3 Å². The second-order valence-corrected chi connectivity index (χ2v) is 6.81. The summed E-state index contributed by atoms with van der Waals surface area (Å²) in [4.78, 5) is 9.41. The van der Waals surface area contributed by atoms with Gasteiger partial charge in [-0.2, -0.15) is 5.10 Å². The molecule has 0 amide bonds. The summed E-state index contributed by atoms with van der Waals surface area (Å²) in [5, 5.41) is 10.5. The van der Waals surface area contributed by atoms with E-state index in [9.17, 15) is 4.39 Å². The molecule has 0 radical (unpaired) electrons. The Morgan fingerprint density at radius 1 is 1.22 bits per heavy atom. The number of H-pyrrole nitrogens is 1. The number of aromatic nitrogens is 2. The van der Waals surface area contributed by atoms with Crippen molar-refractivity contribution in [3.8, 4) is 0 Å². The summed E-state index contributed by atoms with van der Waals surface area (Å²) in [6, 6.07) is 6.74. The molecule has 1 aromatic carbocycles. The van der Waals surface area contributed by atoms with E-state index in [1.807, 2.05) is 18.3 Å². The minimum Gasteiger partial charge on any atom is -0.368 e. The lowest BCUT2D eigenvalue weighted by Gasteiger charge is -2.37. The van der Waals surface area contributed by atoms with Crippen molar-refractivity contribution in [1.82, 2.24) is 20.4 Å². The summed E-state index contributed by atoms with van der Waals surface area (Å²) in [6.07, 6.45) is 3.90. The number of hydrogen-bond donors (Lipinski definition) is 2. The molecule has 2 N–H and O–H groups in total. The first-order valence-corrected chi connectivity index (χ1v) is 9.70. The minimum atomic E-state index is -0.190. The third-order valence-electron chi connectivity index (χ3n) is 4.91. The van der Waals surface area contributed by atoms with Crippen LogP contribution in [0.2, 0.25) is 0 Å². The maximum atomic E-state index is 13.1. The van der Waals surface area contributed by atoms with Crippen LogP contribution in [0.1, 0.15) is 24.6 Å². The fourth-order valence-corrected chi connectivity index (χ4v) is 3.34. The van der Waals surface area contributed by atoms with Crippen LogP contribution >= 0.6 is 0 Å². The van der Waals surface area contributed by atoms with Gasteiger partial charge in [0.05, 0.1) is 6.20 Å². The zero-order valence-electron chi connectivity index (χ0n) is 16.2. The van der Waals surface area contributed by atoms with E-state index in [4.69, 9.17) is 4.99 Å². The first-order chi connectivity index (χ1) is 13.2. The minimum absolute atomic E-state index is 0.190. The third kappa shape index (κ3) is 5.21. The Hall–Kier alpha value is -2.57. The maximum absolute atomic E-state index is 13.1. The van der Waals surface area contributed by atoms with E-state index in [1.54, 1.807) is 0 Å². The number of nitrogens with one attached hydrogen (secondary N) is 2. The van der Waals surface area contributed by atoms with E-state index >= 15 is 0 Å². The molecule has 27 heavy (non-hydrogen) atoms. The number of aromatic amines is 1. The molecule has 6 nitrogen and oxygen atoms in total. The molecule has 1 aliphatic heterocycles. The lowest BCUT2D eigenvalue weighted by molar-refractivity contribution is 0.372. The summed E-state index contributed by atoms with van der Waals surface area (Å²) in [6.45, 7) is 9.43. The summed E-state index contributed by atoms with van der Waals surface area (Å²) >= 11 is 0. The van der Waals surface area contributed by atoms with Crippen molar-refractivity contribution in [3.63, 3.8) is 0 Å². The van der Waals surface area contributed by atoms with E-state index < -0.39 is 0 Å². The highest BCUT2D eigenvalue weighted by atomic mass is 19.1. The topological polar surface area (TPSA) is 59.6 Å². The molecule has 1 saturated heterocycles. The summed E-state index contributed by atoms with van der Waals surface area (Å²) in [5.74, 6) is 0.796. The van der Waals surface area contributed by atoms with Crippen molar-refractivity contribution in [2.45, 2.75) is 26.7 Å². The fourth-order valence-electron chi connectivity index (χ4n) is 3.34. The summed E-state index contributed by atoms with van der Waals surface area (Å²) < 4.78 is 13.1. The number of hydrogen-bond acceptors (Lipinski definition) is 3. The highest BCUT2D eigenvalue weighted by Gasteiger charge is 2.19. The van der Waals surface area contributed by atoms with Gasteiger partial charge < -0.3 is 15.1 Å². The van der Waals surface area contributed by atoms with E-state index in [2.05, 4.69) is 39.2 Å². The number of anilines is 1. The lowest BCUT2D eigenvalue weighted by atomic mass is 10.1. The Bertz CT molecular complexity index is 731. The molecule has 2 aromatic rings. The lowest BCUT2D eigenvalue weighted by Crippen LogP contribution is -2.52. The van der Waals surface area contributed by atoms with Crippen LogP contribution < -0.4 is 10.2 Å². The van der Waals surface area contributed by atoms with Gasteiger partial charge >= 0.3 is 0 Å². The number of guanidine groups is 1. The molecule has 1 aliphatic rings. The predicted octanol–water partition coefficient (Wildman–Crippen LogP) is 2.58. The monoisotopic (exact) mass is 372 g/mol. The highest BCUT2D eigenvalue weighted by molar-refractivity contribution is 5.80. The van der Waals surface area contributed by atoms with Gasteiger partial charge in [0.2, 0.25) is 0 Å². The van der Waals surface area contributed by atoms with Gasteiger partial charge in [-0.3, -0.25) is 10.1 Å². The van der Waals surface area contributed by atoms with E-state index in [-0.39, 0.29) is 5.82 Å². The molecular weight excluding hydrogens is 343 g/mol. The molecule has 146 valence electrons. The Morgan fingerprint density at radius 3 is 2.59 bits per heavy atom. The smallest absolute Gasteiger partial charge is 0.194 e. The van der Waals surface area contributed by atoms with Crippen molar-refractivity contribution in [1.29, 1.82) is 0 Å². The predicted molar refractivity (Wildman–Crippen MR) is 108 cm³/mol. The van der Waals surface area contributed by atoms with Gasteiger partial charge in [0.25, 0.3) is 0 Å². The van der Waals surface area contributed by atoms with E-state index in [0.717, 1.165) is 69.5 Å². The molecule has 0 spiro atoms. The van der Waals surface area contributed by atoms with Gasteiger partial charge in [-0.25, -0.2) is 4.39 Å². The maximum Gasteiger partial charge on any atom is 0.194 e. The zero-order valence-corrected chi connectivity index (χ0v) is 16.2. The molecule has 1 fully saturated rings. The summed E-state index contributed by atoms with van der Waals surface area (Å²) in [7, 11) is 0. The van der Waals surface area contributed by atoms with Crippen LogP contribution in [0.15, 0.2) is 35.5 Å². The number of benzene rings is 1. The fraction of sp³-hybridized carbons (Fsp3) is 0.500. The summed E-state index contributed by atoms with van der Waals surface area (Å²) in [5.41, 5.74) is 3.49. The average Bonchev–Trinajstić information content (AvgIpc) is 3.10. The van der Waals surface area contributed by atoms with Gasteiger partial charge in [-0.1, -0.05) is 0 Å². The number of piperazine rings is 1. The number of rotatable bonds is 6. The number of aliphatic imine (C=N–C) groups is 1. The van der Waals surface area contributed by atoms with Crippen LogP contribution in [0, 0.1) is 12.7 Å². The van der Waals surface area contributed by atoms with Crippen molar-refractivity contribution in [2.75, 3.05) is 44.2 Å². The molecule has 0 bridgehead atoms. The molecule has 0 atom stereocenters. The van der Waals surface area contributed by atoms with Gasteiger partial charge in [-0.15, -0.1) is 0 Å². The Morgan fingerprint density at radius 2 is 1.96 bits per heavy atom. The molecule has 1 aromatic heterocycles. The number of halogens is 1. The van der Waals surface area contributed by atoms with Crippen molar-refractivity contribution >= 4 is 11.6 Å². The standard InChI is InChI=1S/C20H29FN6/c1-3-22-20(23-10-4-5-17-15-24-25-16(17)2)27-13-11-26(12-14-27)19-8-6-18(21)7-9-19/h6-9,15H,3-5,10-14H2,1-2H3,(H,22,23)(H,24,25). The van der Waals surface area contributed by atoms with E-state index in [1.165, 1.54) is 17.7 Å². The number of aryl methyl sites for hydroxylation is 2. The molecular formula is C20H29FN6. The van der Waals surface area contributed by atoms with Gasteiger partial charge in [0.1, 0.15) is 5.82 Å². The third-order valence-corrected chi connectivity index (χ3v) is 4.91. The van der Waals surface area contributed by atoms with Crippen LogP contribution in [0.5, 0.6) is 0 Å². The Balaban J connectivity index is 1.51. The SMILES string of the molecule is CCNC(=NCCCc1cn[nH]c1C)N1CCN(c2ccc(F)cc2)CC1. The largest absolute Gasteiger partial charge is 0.368 e. The van der Waals surface area contributed by atoms with Crippen molar-refractivity contribution in [3.05, 3.63) is 47.5 Å². The van der Waals surface area contributed by atoms with Gasteiger partial charge in [-0.05, 0) is 56.5 Å². The molecule has 3 rings (SSSR count). The normalized spacial score (nSPS) is 15.3. The molecule has 0 saturated carbocycles. The van der Waals surface area contributed by atoms with Crippen LogP contribution in [0.4, 0.5) is 10.1 Å². The molecule has 2 heterocycles. The van der Waals surface area contributed by atoms with Crippen LogP contribution in [0.25, 0.3) is 0 Å². The highest BCUT2D eigenvalue weighted by Crippen LogP contribution is 2.17. The quantitative estimate of drug-likeness (QED) is 0.465. The van der Waals surface area contributed by atoms with Crippen molar-refractivity contribution < 1.29 is 4.39 Å². The van der Waals surface area contributed by atoms with Crippen LogP contribution in [-0.2, 0) is 6.42 Å². The molecule has 0 aliphatic carbocycles. The molecule has 7 heteroatoms. The van der Waals surface area contributed by atoms with Crippen LogP contribution in [0.3, 0.4) is 0 Å². The Labute approximate surface area is 160 Å². The van der Waals surface area contributed by atoms with Gasteiger partial charge in [0.15, 0.2) is 5.96 Å². The Kier molecular flexibility index (Phi) is 6.68. The van der Waals surface area contributed by atoms with Gasteiger partial charge in [0, 0.05) is 50.6 Å². The number of nitrogens with zero attached hydrogens (tertiary/aromatic N) is 4. The first-order valence-electron chi connectivity index (χ1n) is 9.70. The second kappa shape index (κ2) is 9.39. The average molecular weight is 372 g/mol. The first kappa shape index (κ1) is 19.2. The molecule has 0 unspecified atom stereocenters. The van der Waals surface area contributed by atoms with Crippen molar-refractivity contribution in [2.24, 2.45) is 4.99 Å². The second-order valence-electron chi connectivity index (χ2n) is 6.81. The van der Waals surface area contributed by atoms with E-state index in [0.29, 0.717) is 0 Å². The zero-order chi connectivity index (χ0) is 19.1.